The minimum Gasteiger partial charge on any atom is -0.375 e. The van der Waals surface area contributed by atoms with Crippen molar-refractivity contribution in [3.8, 4) is 0 Å². The molecule has 1 heterocycles. The lowest BCUT2D eigenvalue weighted by atomic mass is 9.72. The minimum absolute atomic E-state index is 0.267. The van der Waals surface area contributed by atoms with E-state index in [0.717, 1.165) is 24.5 Å². The van der Waals surface area contributed by atoms with Gasteiger partial charge < -0.3 is 10.1 Å². The fraction of sp³-hybridized carbons (Fsp3) is 1.00. The van der Waals surface area contributed by atoms with Gasteiger partial charge in [-0.1, -0.05) is 51.4 Å². The van der Waals surface area contributed by atoms with Gasteiger partial charge in [-0.05, 0) is 51.0 Å². The molecule has 0 aromatic heterocycles. The molecule has 2 unspecified atom stereocenters. The highest BCUT2D eigenvalue weighted by atomic mass is 16.5. The maximum absolute atomic E-state index is 6.29. The SMILES string of the molecule is CNC(CC1CCCCC1)C1CCOC2(CCCCC2)C1. The highest BCUT2D eigenvalue weighted by molar-refractivity contribution is 4.93. The molecule has 0 bridgehead atoms. The van der Waals surface area contributed by atoms with Crippen LogP contribution in [0, 0.1) is 11.8 Å². The molecular weight excluding hydrogens is 258 g/mol. The Morgan fingerprint density at radius 3 is 2.43 bits per heavy atom. The van der Waals surface area contributed by atoms with E-state index in [1.807, 2.05) is 0 Å². The highest BCUT2D eigenvalue weighted by Gasteiger charge is 2.40. The molecule has 2 saturated carbocycles. The Balaban J connectivity index is 1.57. The van der Waals surface area contributed by atoms with Crippen LogP contribution in [0.5, 0.6) is 0 Å². The fourth-order valence-corrected chi connectivity index (χ4v) is 5.28. The Morgan fingerprint density at radius 2 is 1.71 bits per heavy atom. The van der Waals surface area contributed by atoms with Crippen LogP contribution < -0.4 is 5.32 Å². The predicted molar refractivity (Wildman–Crippen MR) is 88.5 cm³/mol. The van der Waals surface area contributed by atoms with Gasteiger partial charge in [-0.25, -0.2) is 0 Å². The third-order valence-electron chi connectivity index (χ3n) is 6.55. The summed E-state index contributed by atoms with van der Waals surface area (Å²) in [5, 5.41) is 3.69. The maximum Gasteiger partial charge on any atom is 0.0685 e. The van der Waals surface area contributed by atoms with Gasteiger partial charge in [0.15, 0.2) is 0 Å². The first-order valence-corrected chi connectivity index (χ1v) is 9.62. The van der Waals surface area contributed by atoms with Crippen LogP contribution in [0.4, 0.5) is 0 Å². The molecule has 2 heteroatoms. The van der Waals surface area contributed by atoms with Crippen LogP contribution in [0.15, 0.2) is 0 Å². The zero-order valence-corrected chi connectivity index (χ0v) is 14.0. The first-order valence-electron chi connectivity index (χ1n) is 9.62. The number of hydrogen-bond donors (Lipinski definition) is 1. The molecule has 1 aliphatic heterocycles. The molecule has 2 atom stereocenters. The van der Waals surface area contributed by atoms with Gasteiger partial charge in [0.25, 0.3) is 0 Å². The van der Waals surface area contributed by atoms with Crippen molar-refractivity contribution in [2.45, 2.75) is 95.1 Å². The quantitative estimate of drug-likeness (QED) is 0.813. The summed E-state index contributed by atoms with van der Waals surface area (Å²) >= 11 is 0. The van der Waals surface area contributed by atoms with E-state index in [-0.39, 0.29) is 5.60 Å². The van der Waals surface area contributed by atoms with Crippen molar-refractivity contribution in [2.24, 2.45) is 11.8 Å². The summed E-state index contributed by atoms with van der Waals surface area (Å²) in [5.74, 6) is 1.84. The van der Waals surface area contributed by atoms with Crippen molar-refractivity contribution in [3.63, 3.8) is 0 Å². The molecule has 0 aromatic carbocycles. The van der Waals surface area contributed by atoms with Gasteiger partial charge in [0, 0.05) is 12.6 Å². The summed E-state index contributed by atoms with van der Waals surface area (Å²) in [4.78, 5) is 0. The molecule has 1 saturated heterocycles. The van der Waals surface area contributed by atoms with E-state index in [1.54, 1.807) is 0 Å². The van der Waals surface area contributed by atoms with E-state index in [9.17, 15) is 0 Å². The van der Waals surface area contributed by atoms with Crippen LogP contribution in [0.1, 0.15) is 83.5 Å². The summed E-state index contributed by atoms with van der Waals surface area (Å²) in [6, 6.07) is 0.732. The van der Waals surface area contributed by atoms with E-state index in [1.165, 1.54) is 83.5 Å². The lowest BCUT2D eigenvalue weighted by Gasteiger charge is -2.46. The van der Waals surface area contributed by atoms with E-state index in [0.29, 0.717) is 0 Å². The second kappa shape index (κ2) is 7.46. The largest absolute Gasteiger partial charge is 0.375 e. The molecule has 0 radical (unpaired) electrons. The molecule has 2 aliphatic carbocycles. The van der Waals surface area contributed by atoms with Crippen molar-refractivity contribution in [3.05, 3.63) is 0 Å². The number of rotatable bonds is 4. The van der Waals surface area contributed by atoms with Crippen LogP contribution in [0.2, 0.25) is 0 Å². The Labute approximate surface area is 131 Å². The molecular formula is C19H35NO. The number of hydrogen-bond acceptors (Lipinski definition) is 2. The second-order valence-electron chi connectivity index (χ2n) is 7.98. The normalized spacial score (nSPS) is 32.1. The Bertz CT molecular complexity index is 299. The summed E-state index contributed by atoms with van der Waals surface area (Å²) in [7, 11) is 2.19. The van der Waals surface area contributed by atoms with Crippen LogP contribution in [-0.4, -0.2) is 25.3 Å². The minimum atomic E-state index is 0.267. The van der Waals surface area contributed by atoms with Gasteiger partial charge in [-0.15, -0.1) is 0 Å². The third-order valence-corrected chi connectivity index (χ3v) is 6.55. The van der Waals surface area contributed by atoms with E-state index in [2.05, 4.69) is 12.4 Å². The Hall–Kier alpha value is -0.0800. The van der Waals surface area contributed by atoms with Gasteiger partial charge >= 0.3 is 0 Å². The van der Waals surface area contributed by atoms with Gasteiger partial charge in [0.2, 0.25) is 0 Å². The summed E-state index contributed by atoms with van der Waals surface area (Å²) < 4.78 is 6.29. The van der Waals surface area contributed by atoms with E-state index >= 15 is 0 Å². The average Bonchev–Trinajstić information content (AvgIpc) is 2.54. The van der Waals surface area contributed by atoms with Gasteiger partial charge in [-0.3, -0.25) is 0 Å². The lowest BCUT2D eigenvalue weighted by Crippen LogP contribution is -2.47. The second-order valence-corrected chi connectivity index (χ2v) is 7.98. The first kappa shape index (κ1) is 15.8. The molecule has 3 aliphatic rings. The summed E-state index contributed by atoms with van der Waals surface area (Å²) in [6.07, 6.45) is 18.2. The van der Waals surface area contributed by atoms with Crippen molar-refractivity contribution in [1.82, 2.24) is 5.32 Å². The molecule has 2 nitrogen and oxygen atoms in total. The maximum atomic E-state index is 6.29. The van der Waals surface area contributed by atoms with Crippen molar-refractivity contribution >= 4 is 0 Å². The Morgan fingerprint density at radius 1 is 1.00 bits per heavy atom. The lowest BCUT2D eigenvalue weighted by molar-refractivity contribution is -0.122. The van der Waals surface area contributed by atoms with Crippen LogP contribution in [0.3, 0.4) is 0 Å². The van der Waals surface area contributed by atoms with Gasteiger partial charge in [0.1, 0.15) is 0 Å². The molecule has 1 N–H and O–H groups in total. The number of ether oxygens (including phenoxy) is 1. The van der Waals surface area contributed by atoms with Crippen LogP contribution in [0.25, 0.3) is 0 Å². The first-order chi connectivity index (χ1) is 10.3. The van der Waals surface area contributed by atoms with Crippen LogP contribution in [-0.2, 0) is 4.74 Å². The third kappa shape index (κ3) is 4.01. The van der Waals surface area contributed by atoms with Gasteiger partial charge in [0.05, 0.1) is 5.60 Å². The van der Waals surface area contributed by atoms with Crippen molar-refractivity contribution in [1.29, 1.82) is 0 Å². The van der Waals surface area contributed by atoms with Crippen molar-refractivity contribution < 1.29 is 4.74 Å². The smallest absolute Gasteiger partial charge is 0.0685 e. The summed E-state index contributed by atoms with van der Waals surface area (Å²) in [6.45, 7) is 1.01. The Kier molecular flexibility index (Phi) is 5.61. The molecule has 0 aromatic rings. The molecule has 122 valence electrons. The van der Waals surface area contributed by atoms with E-state index < -0.39 is 0 Å². The standard InChI is InChI=1S/C19H35NO/c1-20-18(14-16-8-4-2-5-9-16)17-10-13-21-19(15-17)11-6-3-7-12-19/h16-18,20H,2-15H2,1H3. The van der Waals surface area contributed by atoms with E-state index in [4.69, 9.17) is 4.74 Å². The molecule has 21 heavy (non-hydrogen) atoms. The van der Waals surface area contributed by atoms with Crippen molar-refractivity contribution in [2.75, 3.05) is 13.7 Å². The number of nitrogens with one attached hydrogen (secondary N) is 1. The zero-order chi connectivity index (χ0) is 14.5. The predicted octanol–water partition coefficient (Wildman–Crippen LogP) is 4.67. The zero-order valence-electron chi connectivity index (χ0n) is 14.0. The molecule has 3 fully saturated rings. The monoisotopic (exact) mass is 293 g/mol. The topological polar surface area (TPSA) is 21.3 Å². The molecule has 3 rings (SSSR count). The van der Waals surface area contributed by atoms with Crippen LogP contribution >= 0.6 is 0 Å². The highest BCUT2D eigenvalue weighted by Crippen LogP contribution is 2.42. The fourth-order valence-electron chi connectivity index (χ4n) is 5.28. The molecule has 1 spiro atoms. The molecule has 0 amide bonds. The summed E-state index contributed by atoms with van der Waals surface area (Å²) in [5.41, 5.74) is 0.267. The average molecular weight is 293 g/mol. The van der Waals surface area contributed by atoms with Gasteiger partial charge in [-0.2, -0.15) is 0 Å².